The van der Waals surface area contributed by atoms with Crippen molar-refractivity contribution in [1.82, 2.24) is 4.98 Å². The van der Waals surface area contributed by atoms with E-state index in [2.05, 4.69) is 45.1 Å². The molecular formula is C12H13N3S. The van der Waals surface area contributed by atoms with Gasteiger partial charge in [-0.05, 0) is 17.7 Å². The lowest BCUT2D eigenvalue weighted by molar-refractivity contribution is 0.726. The molecule has 0 saturated heterocycles. The summed E-state index contributed by atoms with van der Waals surface area (Å²) in [7, 11) is 2.14. The summed E-state index contributed by atoms with van der Waals surface area (Å²) in [5, 5.41) is 7.92. The van der Waals surface area contributed by atoms with E-state index in [-0.39, 0.29) is 0 Å². The van der Waals surface area contributed by atoms with Crippen LogP contribution in [0.2, 0.25) is 0 Å². The summed E-state index contributed by atoms with van der Waals surface area (Å²) in [4.78, 5) is 6.35. The number of pyridine rings is 1. The highest BCUT2D eigenvalue weighted by Gasteiger charge is 2.22. The first-order chi connectivity index (χ1) is 7.84. The number of thiophene rings is 1. The Balaban J connectivity index is 1.92. The molecule has 0 saturated carbocycles. The maximum Gasteiger partial charge on any atom is 0.0709 e. The van der Waals surface area contributed by atoms with Crippen LogP contribution >= 0.6 is 11.3 Å². The Morgan fingerprint density at radius 3 is 3.00 bits per heavy atom. The molecule has 0 amide bonds. The summed E-state index contributed by atoms with van der Waals surface area (Å²) in [5.74, 6) is 0. The maximum atomic E-state index is 4.05. The smallest absolute Gasteiger partial charge is 0.0709 e. The number of hydrogen-bond acceptors (Lipinski definition) is 4. The third kappa shape index (κ3) is 1.55. The third-order valence-corrected chi connectivity index (χ3v) is 3.68. The van der Waals surface area contributed by atoms with Crippen molar-refractivity contribution in [1.29, 1.82) is 0 Å². The molecule has 0 aromatic carbocycles. The largest absolute Gasteiger partial charge is 0.374 e. The van der Waals surface area contributed by atoms with Crippen molar-refractivity contribution in [2.45, 2.75) is 6.04 Å². The van der Waals surface area contributed by atoms with Gasteiger partial charge in [0.1, 0.15) is 0 Å². The van der Waals surface area contributed by atoms with Crippen LogP contribution < -0.4 is 10.2 Å². The highest BCUT2D eigenvalue weighted by molar-refractivity contribution is 7.09. The summed E-state index contributed by atoms with van der Waals surface area (Å²) in [5.41, 5.74) is 3.83. The molecule has 1 aliphatic heterocycles. The van der Waals surface area contributed by atoms with Gasteiger partial charge in [-0.2, -0.15) is 0 Å². The number of nitrogens with one attached hydrogen (secondary N) is 1. The second-order valence-corrected chi connectivity index (χ2v) is 4.77. The summed E-state index contributed by atoms with van der Waals surface area (Å²) < 4.78 is 0. The molecule has 0 aliphatic carbocycles. The zero-order chi connectivity index (χ0) is 11.0. The molecule has 0 spiro atoms. The lowest BCUT2D eigenvalue weighted by Gasteiger charge is -2.33. The summed E-state index contributed by atoms with van der Waals surface area (Å²) in [6, 6.07) is 4.50. The van der Waals surface area contributed by atoms with Gasteiger partial charge in [0.25, 0.3) is 0 Å². The van der Waals surface area contributed by atoms with E-state index in [1.54, 1.807) is 11.3 Å². The predicted octanol–water partition coefficient (Wildman–Crippen LogP) is 2.75. The van der Waals surface area contributed by atoms with Crippen molar-refractivity contribution >= 4 is 22.7 Å². The number of aromatic nitrogens is 1. The first kappa shape index (κ1) is 9.66. The second-order valence-electron chi connectivity index (χ2n) is 4.03. The Labute approximate surface area is 98.7 Å². The van der Waals surface area contributed by atoms with Crippen molar-refractivity contribution in [3.63, 3.8) is 0 Å². The lowest BCUT2D eigenvalue weighted by Crippen LogP contribution is -2.32. The molecule has 2 aromatic rings. The third-order valence-electron chi connectivity index (χ3n) is 2.95. The van der Waals surface area contributed by atoms with Crippen LogP contribution in [0.3, 0.4) is 0 Å². The molecule has 0 radical (unpaired) electrons. The van der Waals surface area contributed by atoms with E-state index < -0.39 is 0 Å². The van der Waals surface area contributed by atoms with E-state index in [0.29, 0.717) is 6.04 Å². The molecule has 2 aromatic heterocycles. The Hall–Kier alpha value is -1.55. The molecule has 4 heteroatoms. The molecule has 0 fully saturated rings. The van der Waals surface area contributed by atoms with Crippen molar-refractivity contribution in [3.05, 3.63) is 40.8 Å². The molecule has 1 N–H and O–H groups in total. The zero-order valence-electron chi connectivity index (χ0n) is 9.05. The number of nitrogens with zero attached hydrogens (tertiary/aromatic N) is 2. The number of likely N-dealkylation sites (N-methyl/N-ethyl adjacent to an activating group) is 1. The Morgan fingerprint density at radius 1 is 1.38 bits per heavy atom. The molecule has 1 atom stereocenters. The van der Waals surface area contributed by atoms with Gasteiger partial charge in [-0.15, -0.1) is 11.3 Å². The first-order valence-electron chi connectivity index (χ1n) is 5.28. The van der Waals surface area contributed by atoms with E-state index in [9.17, 15) is 0 Å². The molecule has 0 bridgehead atoms. The normalized spacial score (nSPS) is 19.1. The summed E-state index contributed by atoms with van der Waals surface area (Å²) in [6.07, 6.45) is 3.69. The van der Waals surface area contributed by atoms with Gasteiger partial charge < -0.3 is 10.2 Å². The fourth-order valence-electron chi connectivity index (χ4n) is 2.08. The van der Waals surface area contributed by atoms with Crippen LogP contribution in [-0.2, 0) is 0 Å². The van der Waals surface area contributed by atoms with E-state index in [1.807, 2.05) is 12.4 Å². The number of anilines is 2. The van der Waals surface area contributed by atoms with Gasteiger partial charge in [0, 0.05) is 36.7 Å². The number of rotatable bonds is 1. The Bertz CT molecular complexity index is 480. The van der Waals surface area contributed by atoms with E-state index >= 15 is 0 Å². The summed E-state index contributed by atoms with van der Waals surface area (Å²) in [6.45, 7) is 0.994. The second kappa shape index (κ2) is 3.79. The topological polar surface area (TPSA) is 28.2 Å². The summed E-state index contributed by atoms with van der Waals surface area (Å²) >= 11 is 1.74. The van der Waals surface area contributed by atoms with Gasteiger partial charge in [-0.1, -0.05) is 0 Å². The lowest BCUT2D eigenvalue weighted by atomic mass is 10.1. The highest BCUT2D eigenvalue weighted by atomic mass is 32.1. The van der Waals surface area contributed by atoms with Gasteiger partial charge in [-0.25, -0.2) is 0 Å². The Kier molecular flexibility index (Phi) is 2.29. The van der Waals surface area contributed by atoms with Gasteiger partial charge >= 0.3 is 0 Å². The Morgan fingerprint density at radius 2 is 2.19 bits per heavy atom. The van der Waals surface area contributed by atoms with Crippen LogP contribution in [0.25, 0.3) is 0 Å². The SMILES string of the molecule is CN1CC(c2ccncc2)Nc2cscc21. The molecule has 1 aliphatic rings. The van der Waals surface area contributed by atoms with Crippen molar-refractivity contribution in [2.75, 3.05) is 23.8 Å². The fraction of sp³-hybridized carbons (Fsp3) is 0.250. The van der Waals surface area contributed by atoms with E-state index in [1.165, 1.54) is 16.9 Å². The minimum Gasteiger partial charge on any atom is -0.374 e. The average molecular weight is 231 g/mol. The van der Waals surface area contributed by atoms with E-state index in [0.717, 1.165) is 6.54 Å². The molecular weight excluding hydrogens is 218 g/mol. The van der Waals surface area contributed by atoms with Crippen LogP contribution in [0.5, 0.6) is 0 Å². The minimum absolute atomic E-state index is 0.357. The van der Waals surface area contributed by atoms with Crippen LogP contribution in [-0.4, -0.2) is 18.6 Å². The first-order valence-corrected chi connectivity index (χ1v) is 6.22. The number of fused-ring (bicyclic) bond motifs is 1. The van der Waals surface area contributed by atoms with Crippen LogP contribution in [0.4, 0.5) is 11.4 Å². The van der Waals surface area contributed by atoms with Crippen molar-refractivity contribution in [2.24, 2.45) is 0 Å². The quantitative estimate of drug-likeness (QED) is 0.818. The molecule has 3 heterocycles. The average Bonchev–Trinajstić information content (AvgIpc) is 2.79. The standard InChI is InChI=1S/C12H13N3S/c1-15-6-10(9-2-4-13-5-3-9)14-11-7-16-8-12(11)15/h2-5,7-8,10,14H,6H2,1H3. The molecule has 82 valence electrons. The van der Waals surface area contributed by atoms with Crippen molar-refractivity contribution in [3.8, 4) is 0 Å². The monoisotopic (exact) mass is 231 g/mol. The molecule has 3 rings (SSSR count). The predicted molar refractivity (Wildman–Crippen MR) is 68.2 cm³/mol. The van der Waals surface area contributed by atoms with Gasteiger partial charge in [0.05, 0.1) is 17.4 Å². The highest BCUT2D eigenvalue weighted by Crippen LogP contribution is 2.37. The number of hydrogen-bond donors (Lipinski definition) is 1. The van der Waals surface area contributed by atoms with Gasteiger partial charge in [-0.3, -0.25) is 4.98 Å². The molecule has 16 heavy (non-hydrogen) atoms. The molecule has 3 nitrogen and oxygen atoms in total. The van der Waals surface area contributed by atoms with Crippen LogP contribution in [0.1, 0.15) is 11.6 Å². The van der Waals surface area contributed by atoms with Crippen LogP contribution in [0, 0.1) is 0 Å². The molecule has 1 unspecified atom stereocenters. The minimum atomic E-state index is 0.357. The van der Waals surface area contributed by atoms with E-state index in [4.69, 9.17) is 0 Å². The fourth-order valence-corrected chi connectivity index (χ4v) is 2.91. The van der Waals surface area contributed by atoms with Gasteiger partial charge in [0.15, 0.2) is 0 Å². The van der Waals surface area contributed by atoms with Crippen LogP contribution in [0.15, 0.2) is 35.3 Å². The zero-order valence-corrected chi connectivity index (χ0v) is 9.87. The van der Waals surface area contributed by atoms with Crippen molar-refractivity contribution < 1.29 is 0 Å². The maximum absolute atomic E-state index is 4.05. The van der Waals surface area contributed by atoms with Gasteiger partial charge in [0.2, 0.25) is 0 Å².